The van der Waals surface area contributed by atoms with Crippen molar-refractivity contribution < 1.29 is 9.90 Å². The van der Waals surface area contributed by atoms with E-state index in [0.717, 1.165) is 53.1 Å². The van der Waals surface area contributed by atoms with Gasteiger partial charge in [0, 0.05) is 42.0 Å². The molecule has 1 saturated heterocycles. The summed E-state index contributed by atoms with van der Waals surface area (Å²) < 4.78 is 2.17. The Morgan fingerprint density at radius 3 is 2.47 bits per heavy atom. The Kier molecular flexibility index (Phi) is 7.42. The predicted octanol–water partition coefficient (Wildman–Crippen LogP) is 5.66. The van der Waals surface area contributed by atoms with Gasteiger partial charge in [0.05, 0.1) is 23.3 Å². The molecule has 4 aromatic rings. The number of para-hydroxylation sites is 1. The first-order chi connectivity index (χ1) is 18.4. The maximum Gasteiger partial charge on any atom is 0.335 e. The highest BCUT2D eigenvalue weighted by Crippen LogP contribution is 2.41. The number of aromatic carboxylic acids is 1. The molecule has 7 nitrogen and oxygen atoms in total. The Balaban J connectivity index is 1.45. The molecular weight excluding hydrogens is 494 g/mol. The second-order valence-electron chi connectivity index (χ2n) is 9.48. The zero-order chi connectivity index (χ0) is 26.6. The van der Waals surface area contributed by atoms with Crippen LogP contribution >= 0.6 is 12.2 Å². The number of hydrogen-bond acceptors (Lipinski definition) is 4. The number of aromatic nitrogens is 2. The summed E-state index contributed by atoms with van der Waals surface area (Å²) in [5.74, 6) is -0.931. The van der Waals surface area contributed by atoms with Gasteiger partial charge in [-0.05, 0) is 92.6 Å². The minimum Gasteiger partial charge on any atom is -0.478 e. The highest BCUT2D eigenvalue weighted by molar-refractivity contribution is 7.80. The molecule has 3 N–H and O–H groups in total. The number of anilines is 1. The van der Waals surface area contributed by atoms with E-state index in [1.54, 1.807) is 12.1 Å². The van der Waals surface area contributed by atoms with Crippen LogP contribution in [0.2, 0.25) is 0 Å². The summed E-state index contributed by atoms with van der Waals surface area (Å²) in [5.41, 5.74) is 6.59. The summed E-state index contributed by atoms with van der Waals surface area (Å²) >= 11 is 5.86. The molecule has 0 amide bonds. The van der Waals surface area contributed by atoms with Gasteiger partial charge in [0.1, 0.15) is 0 Å². The number of nitrogens with one attached hydrogen (secondary N) is 2. The molecule has 0 aliphatic carbocycles. The highest BCUT2D eigenvalue weighted by Gasteiger charge is 2.41. The lowest BCUT2D eigenvalue weighted by molar-refractivity contribution is 0.0697. The van der Waals surface area contributed by atoms with Gasteiger partial charge < -0.3 is 25.2 Å². The van der Waals surface area contributed by atoms with Gasteiger partial charge in [-0.1, -0.05) is 24.3 Å². The van der Waals surface area contributed by atoms with E-state index in [-0.39, 0.29) is 17.6 Å². The van der Waals surface area contributed by atoms with Crippen molar-refractivity contribution in [3.05, 3.63) is 113 Å². The molecule has 0 spiro atoms. The van der Waals surface area contributed by atoms with Crippen molar-refractivity contribution in [1.82, 2.24) is 19.8 Å². The van der Waals surface area contributed by atoms with Crippen LogP contribution in [0.15, 0.2) is 85.1 Å². The molecule has 194 valence electrons. The number of carbonyl (C=O) groups is 1. The number of nitrogens with zero attached hydrogens (tertiary/aromatic N) is 3. The van der Waals surface area contributed by atoms with E-state index in [4.69, 9.17) is 12.2 Å². The topological polar surface area (TPSA) is 82.4 Å². The minimum atomic E-state index is -0.931. The third kappa shape index (κ3) is 5.13. The first-order valence-corrected chi connectivity index (χ1v) is 13.1. The van der Waals surface area contributed by atoms with E-state index in [9.17, 15) is 9.90 Å². The number of hydrogen-bond donors (Lipinski definition) is 3. The van der Waals surface area contributed by atoms with Gasteiger partial charge in [-0.2, -0.15) is 0 Å². The SMILES string of the molecule is Cc1cc([C@@H]2[C@H](c3ccccn3)NC(=S)N2CCCNc2ccccc2)c(C)n1-c1ccc(C(=O)O)cc1. The van der Waals surface area contributed by atoms with Crippen LogP contribution in [-0.4, -0.2) is 43.7 Å². The number of thiocarbonyl (C=S) groups is 1. The van der Waals surface area contributed by atoms with Crippen molar-refractivity contribution in [2.75, 3.05) is 18.4 Å². The molecule has 2 aromatic carbocycles. The number of carboxylic acids is 1. The van der Waals surface area contributed by atoms with Gasteiger partial charge in [-0.3, -0.25) is 4.98 Å². The maximum absolute atomic E-state index is 11.3. The molecule has 1 aliphatic rings. The largest absolute Gasteiger partial charge is 0.478 e. The standard InChI is InChI=1S/C30H31N5O2S/c1-20-19-25(21(2)35(20)24-14-12-22(13-15-24)29(36)37)28-27(26-11-6-7-16-32-26)33-30(38)34(28)18-8-17-31-23-9-4-3-5-10-23/h3-7,9-16,19,27-28,31H,8,17-18H2,1-2H3,(H,33,38)(H,36,37)/t27-,28+/m0/s1. The summed E-state index contributed by atoms with van der Waals surface area (Å²) in [6.07, 6.45) is 2.73. The van der Waals surface area contributed by atoms with Gasteiger partial charge >= 0.3 is 5.97 Å². The third-order valence-corrected chi connectivity index (χ3v) is 7.39. The first-order valence-electron chi connectivity index (χ1n) is 12.7. The fourth-order valence-corrected chi connectivity index (χ4v) is 5.59. The molecule has 38 heavy (non-hydrogen) atoms. The molecule has 2 aromatic heterocycles. The fourth-order valence-electron chi connectivity index (χ4n) is 5.26. The Morgan fingerprint density at radius 2 is 1.79 bits per heavy atom. The molecule has 0 unspecified atom stereocenters. The normalized spacial score (nSPS) is 16.9. The number of carboxylic acid groups (broad SMARTS) is 1. The van der Waals surface area contributed by atoms with E-state index in [0.29, 0.717) is 0 Å². The molecule has 0 bridgehead atoms. The number of aryl methyl sites for hydroxylation is 1. The van der Waals surface area contributed by atoms with Crippen molar-refractivity contribution in [2.45, 2.75) is 32.4 Å². The van der Waals surface area contributed by atoms with Gasteiger partial charge in [-0.15, -0.1) is 0 Å². The highest BCUT2D eigenvalue weighted by atomic mass is 32.1. The lowest BCUT2D eigenvalue weighted by Crippen LogP contribution is -2.31. The Labute approximate surface area is 228 Å². The molecule has 0 saturated carbocycles. The first kappa shape index (κ1) is 25.5. The lowest BCUT2D eigenvalue weighted by atomic mass is 9.96. The van der Waals surface area contributed by atoms with Crippen molar-refractivity contribution >= 4 is 29.0 Å². The van der Waals surface area contributed by atoms with Crippen molar-refractivity contribution in [2.24, 2.45) is 0 Å². The van der Waals surface area contributed by atoms with Gasteiger partial charge in [0.2, 0.25) is 0 Å². The zero-order valence-electron chi connectivity index (χ0n) is 21.5. The number of pyridine rings is 1. The van der Waals surface area contributed by atoms with Crippen LogP contribution in [0, 0.1) is 13.8 Å². The Bertz CT molecular complexity index is 1420. The van der Waals surface area contributed by atoms with Crippen molar-refractivity contribution in [1.29, 1.82) is 0 Å². The molecule has 1 aliphatic heterocycles. The molecule has 0 radical (unpaired) electrons. The molecule has 5 rings (SSSR count). The second kappa shape index (κ2) is 11.1. The molecule has 8 heteroatoms. The summed E-state index contributed by atoms with van der Waals surface area (Å²) in [7, 11) is 0. The second-order valence-corrected chi connectivity index (χ2v) is 9.87. The number of rotatable bonds is 9. The summed E-state index contributed by atoms with van der Waals surface area (Å²) in [6.45, 7) is 5.81. The van der Waals surface area contributed by atoms with Crippen LogP contribution in [0.3, 0.4) is 0 Å². The molecule has 1 fully saturated rings. The quantitative estimate of drug-likeness (QED) is 0.192. The van der Waals surface area contributed by atoms with E-state index < -0.39 is 5.97 Å². The van der Waals surface area contributed by atoms with E-state index >= 15 is 0 Å². The average molecular weight is 526 g/mol. The van der Waals surface area contributed by atoms with Gasteiger partial charge in [0.25, 0.3) is 0 Å². The summed E-state index contributed by atoms with van der Waals surface area (Å²) in [6, 6.07) is 25.3. The average Bonchev–Trinajstić information content (AvgIpc) is 3.42. The van der Waals surface area contributed by atoms with Gasteiger partial charge in [-0.25, -0.2) is 4.79 Å². The third-order valence-electron chi connectivity index (χ3n) is 7.04. The smallest absolute Gasteiger partial charge is 0.335 e. The summed E-state index contributed by atoms with van der Waals surface area (Å²) in [4.78, 5) is 18.3. The van der Waals surface area contributed by atoms with E-state index in [1.807, 2.05) is 54.7 Å². The van der Waals surface area contributed by atoms with E-state index in [1.165, 1.54) is 5.56 Å². The van der Waals surface area contributed by atoms with Crippen LogP contribution in [0.4, 0.5) is 5.69 Å². The van der Waals surface area contributed by atoms with Gasteiger partial charge in [0.15, 0.2) is 5.11 Å². The molecule has 3 heterocycles. The predicted molar refractivity (Wildman–Crippen MR) is 154 cm³/mol. The molecule has 2 atom stereocenters. The van der Waals surface area contributed by atoms with Crippen LogP contribution in [0.25, 0.3) is 5.69 Å². The van der Waals surface area contributed by atoms with E-state index in [2.05, 4.69) is 57.1 Å². The summed E-state index contributed by atoms with van der Waals surface area (Å²) in [5, 5.41) is 17.1. The Hall–Kier alpha value is -4.17. The zero-order valence-corrected chi connectivity index (χ0v) is 22.3. The van der Waals surface area contributed by atoms with Crippen molar-refractivity contribution in [3.8, 4) is 5.69 Å². The monoisotopic (exact) mass is 525 g/mol. The van der Waals surface area contributed by atoms with Crippen LogP contribution in [0.1, 0.15) is 51.5 Å². The maximum atomic E-state index is 11.3. The van der Waals surface area contributed by atoms with Crippen LogP contribution < -0.4 is 10.6 Å². The van der Waals surface area contributed by atoms with Crippen LogP contribution in [0.5, 0.6) is 0 Å². The fraction of sp³-hybridized carbons (Fsp3) is 0.233. The lowest BCUT2D eigenvalue weighted by Gasteiger charge is -2.28. The van der Waals surface area contributed by atoms with Crippen LogP contribution in [-0.2, 0) is 0 Å². The number of benzene rings is 2. The molecular formula is C30H31N5O2S. The van der Waals surface area contributed by atoms with Crippen molar-refractivity contribution in [3.63, 3.8) is 0 Å². The minimum absolute atomic E-state index is 0.0348. The Morgan fingerprint density at radius 1 is 1.05 bits per heavy atom.